The largest absolute Gasteiger partial charge is 0.353 e. The minimum Gasteiger partial charge on any atom is -0.353 e. The van der Waals surface area contributed by atoms with Gasteiger partial charge in [0.05, 0.1) is 0 Å². The van der Waals surface area contributed by atoms with Gasteiger partial charge in [0, 0.05) is 44.6 Å². The van der Waals surface area contributed by atoms with Crippen molar-refractivity contribution in [1.82, 2.24) is 20.6 Å². The Bertz CT molecular complexity index is 916. The van der Waals surface area contributed by atoms with Gasteiger partial charge in [0.2, 0.25) is 0 Å². The van der Waals surface area contributed by atoms with Crippen molar-refractivity contribution >= 4 is 11.7 Å². The van der Waals surface area contributed by atoms with Crippen LogP contribution in [0.2, 0.25) is 0 Å². The molecule has 2 N–H and O–H groups in total. The molecule has 1 atom stereocenters. The highest BCUT2D eigenvalue weighted by Crippen LogP contribution is 2.21. The number of nitrogens with one attached hydrogen (secondary N) is 2. The summed E-state index contributed by atoms with van der Waals surface area (Å²) in [5.41, 5.74) is 2.65. The Balaban J connectivity index is 1.43. The molecule has 142 valence electrons. The Morgan fingerprint density at radius 2 is 2.00 bits per heavy atom. The van der Waals surface area contributed by atoms with Crippen LogP contribution in [-0.4, -0.2) is 35.5 Å². The maximum absolute atomic E-state index is 12.5. The van der Waals surface area contributed by atoms with E-state index in [2.05, 4.69) is 49.8 Å². The van der Waals surface area contributed by atoms with Gasteiger partial charge in [0.15, 0.2) is 0 Å². The summed E-state index contributed by atoms with van der Waals surface area (Å²) in [5.74, 6) is 0.650. The zero-order valence-corrected chi connectivity index (χ0v) is 15.6. The number of aromatic nitrogens is 2. The van der Waals surface area contributed by atoms with Crippen LogP contribution in [0.4, 0.5) is 5.82 Å². The van der Waals surface area contributed by atoms with Gasteiger partial charge in [-0.1, -0.05) is 42.5 Å². The third-order valence-electron chi connectivity index (χ3n) is 4.84. The molecule has 1 aliphatic rings. The predicted molar refractivity (Wildman–Crippen MR) is 109 cm³/mol. The van der Waals surface area contributed by atoms with E-state index >= 15 is 0 Å². The summed E-state index contributed by atoms with van der Waals surface area (Å²) in [7, 11) is 0. The highest BCUT2D eigenvalue weighted by Gasteiger charge is 2.22. The fourth-order valence-electron chi connectivity index (χ4n) is 3.37. The first kappa shape index (κ1) is 18.1. The molecule has 28 heavy (non-hydrogen) atoms. The van der Waals surface area contributed by atoms with E-state index in [9.17, 15) is 4.79 Å². The summed E-state index contributed by atoms with van der Waals surface area (Å²) < 4.78 is 0. The first-order valence-electron chi connectivity index (χ1n) is 9.47. The second-order valence-electron chi connectivity index (χ2n) is 6.79. The van der Waals surface area contributed by atoms with Gasteiger partial charge in [-0.25, -0.2) is 4.98 Å². The second kappa shape index (κ2) is 8.63. The Morgan fingerprint density at radius 3 is 2.82 bits per heavy atom. The van der Waals surface area contributed by atoms with Gasteiger partial charge >= 0.3 is 0 Å². The van der Waals surface area contributed by atoms with Crippen molar-refractivity contribution < 1.29 is 4.79 Å². The van der Waals surface area contributed by atoms with Crippen LogP contribution in [0.25, 0.3) is 0 Å². The van der Waals surface area contributed by atoms with Crippen LogP contribution in [0, 0.1) is 0 Å². The lowest BCUT2D eigenvalue weighted by molar-refractivity contribution is 0.0946. The lowest BCUT2D eigenvalue weighted by atomic mass is 10.0. The van der Waals surface area contributed by atoms with Crippen molar-refractivity contribution in [3.8, 4) is 0 Å². The predicted octanol–water partition coefficient (Wildman–Crippen LogP) is 2.56. The first-order valence-corrected chi connectivity index (χ1v) is 9.47. The van der Waals surface area contributed by atoms with E-state index in [-0.39, 0.29) is 11.9 Å². The molecule has 0 radical (unpaired) electrons. The minimum absolute atomic E-state index is 0.180. The van der Waals surface area contributed by atoms with E-state index < -0.39 is 0 Å². The maximum atomic E-state index is 12.5. The standard InChI is InChI=1S/C22H23N5O/c28-22(25-15-17-6-5-11-23-14-17)19-9-4-10-21(26-19)27-13-12-24-20(16-27)18-7-2-1-3-8-18/h1-11,14,20,24H,12-13,15-16H2,(H,25,28)/t20-/m0/s1. The summed E-state index contributed by atoms with van der Waals surface area (Å²) >= 11 is 0. The Labute approximate surface area is 164 Å². The number of anilines is 1. The molecule has 2 aromatic heterocycles. The lowest BCUT2D eigenvalue weighted by Crippen LogP contribution is -2.46. The average molecular weight is 373 g/mol. The first-order chi connectivity index (χ1) is 13.8. The smallest absolute Gasteiger partial charge is 0.270 e. The summed E-state index contributed by atoms with van der Waals surface area (Å²) in [5, 5.41) is 6.46. The number of rotatable bonds is 5. The zero-order chi connectivity index (χ0) is 19.2. The topological polar surface area (TPSA) is 70.2 Å². The molecule has 3 heterocycles. The van der Waals surface area contributed by atoms with Gasteiger partial charge in [-0.05, 0) is 29.3 Å². The second-order valence-corrected chi connectivity index (χ2v) is 6.79. The van der Waals surface area contributed by atoms with Crippen molar-refractivity contribution in [2.45, 2.75) is 12.6 Å². The number of nitrogens with zero attached hydrogens (tertiary/aromatic N) is 3. The lowest BCUT2D eigenvalue weighted by Gasteiger charge is -2.34. The third kappa shape index (κ3) is 4.35. The number of benzene rings is 1. The van der Waals surface area contributed by atoms with Gasteiger partial charge in [0.1, 0.15) is 11.5 Å². The Kier molecular flexibility index (Phi) is 5.58. The number of carbonyl (C=O) groups excluding carboxylic acids is 1. The number of amides is 1. The fraction of sp³-hybridized carbons (Fsp3) is 0.227. The summed E-state index contributed by atoms with van der Waals surface area (Å²) in [4.78, 5) is 23.4. The molecular weight excluding hydrogens is 350 g/mol. The van der Waals surface area contributed by atoms with Crippen LogP contribution in [-0.2, 0) is 6.54 Å². The molecule has 3 aromatic rings. The number of carbonyl (C=O) groups is 1. The van der Waals surface area contributed by atoms with Crippen molar-refractivity contribution in [3.05, 3.63) is 89.9 Å². The van der Waals surface area contributed by atoms with Gasteiger partial charge < -0.3 is 15.5 Å². The minimum atomic E-state index is -0.180. The van der Waals surface area contributed by atoms with Gasteiger partial charge in [-0.3, -0.25) is 9.78 Å². The number of hydrogen-bond acceptors (Lipinski definition) is 5. The SMILES string of the molecule is O=C(NCc1cccnc1)c1cccc(N2CCN[C@H](c3ccccc3)C2)n1. The fourth-order valence-corrected chi connectivity index (χ4v) is 3.37. The molecule has 0 bridgehead atoms. The van der Waals surface area contributed by atoms with Crippen molar-refractivity contribution in [1.29, 1.82) is 0 Å². The molecule has 1 fully saturated rings. The monoisotopic (exact) mass is 373 g/mol. The summed E-state index contributed by atoms with van der Waals surface area (Å²) in [6.07, 6.45) is 3.46. The molecule has 0 saturated carbocycles. The van der Waals surface area contributed by atoms with E-state index in [1.807, 2.05) is 30.3 Å². The number of piperazine rings is 1. The molecule has 4 rings (SSSR count). The van der Waals surface area contributed by atoms with E-state index in [1.165, 1.54) is 5.56 Å². The molecule has 1 saturated heterocycles. The molecule has 0 unspecified atom stereocenters. The van der Waals surface area contributed by atoms with Gasteiger partial charge in [-0.2, -0.15) is 0 Å². The molecule has 6 nitrogen and oxygen atoms in total. The van der Waals surface area contributed by atoms with E-state index in [1.54, 1.807) is 18.5 Å². The van der Waals surface area contributed by atoms with Crippen LogP contribution >= 0.6 is 0 Å². The maximum Gasteiger partial charge on any atom is 0.270 e. The molecule has 1 aliphatic heterocycles. The molecule has 1 amide bonds. The normalized spacial score (nSPS) is 16.6. The Morgan fingerprint density at radius 1 is 1.11 bits per heavy atom. The molecular formula is C22H23N5O. The van der Waals surface area contributed by atoms with Crippen LogP contribution in [0.3, 0.4) is 0 Å². The molecule has 6 heteroatoms. The van der Waals surface area contributed by atoms with E-state index in [0.717, 1.165) is 31.0 Å². The highest BCUT2D eigenvalue weighted by molar-refractivity contribution is 5.92. The summed E-state index contributed by atoms with van der Waals surface area (Å²) in [6.45, 7) is 2.98. The average Bonchev–Trinajstić information content (AvgIpc) is 2.79. The van der Waals surface area contributed by atoms with Gasteiger partial charge in [-0.15, -0.1) is 0 Å². The van der Waals surface area contributed by atoms with Crippen molar-refractivity contribution in [3.63, 3.8) is 0 Å². The molecule has 0 aliphatic carbocycles. The van der Waals surface area contributed by atoms with Crippen LogP contribution in [0.1, 0.15) is 27.7 Å². The van der Waals surface area contributed by atoms with E-state index in [4.69, 9.17) is 0 Å². The van der Waals surface area contributed by atoms with Crippen LogP contribution in [0.5, 0.6) is 0 Å². The molecule has 1 aromatic carbocycles. The molecule has 0 spiro atoms. The van der Waals surface area contributed by atoms with Gasteiger partial charge in [0.25, 0.3) is 5.91 Å². The Hall–Kier alpha value is -3.25. The van der Waals surface area contributed by atoms with Crippen LogP contribution < -0.4 is 15.5 Å². The quantitative estimate of drug-likeness (QED) is 0.719. The van der Waals surface area contributed by atoms with E-state index in [0.29, 0.717) is 12.2 Å². The highest BCUT2D eigenvalue weighted by atomic mass is 16.1. The van der Waals surface area contributed by atoms with Crippen LogP contribution in [0.15, 0.2) is 73.1 Å². The zero-order valence-electron chi connectivity index (χ0n) is 15.6. The third-order valence-corrected chi connectivity index (χ3v) is 4.84. The number of pyridine rings is 2. The van der Waals surface area contributed by atoms with Crippen molar-refractivity contribution in [2.75, 3.05) is 24.5 Å². The van der Waals surface area contributed by atoms with Crippen molar-refractivity contribution in [2.24, 2.45) is 0 Å². The number of hydrogen-bond donors (Lipinski definition) is 2. The summed E-state index contributed by atoms with van der Waals surface area (Å²) in [6, 6.07) is 20.1.